The first kappa shape index (κ1) is 24.7. The second-order valence-corrected chi connectivity index (χ2v) is 9.82. The zero-order valence-corrected chi connectivity index (χ0v) is 20.0. The normalized spacial score (nSPS) is 21.8. The number of amides is 3. The average Bonchev–Trinajstić information content (AvgIpc) is 3.34. The number of likely N-dealkylation sites (tertiary alicyclic amines) is 2. The molecule has 0 bridgehead atoms. The van der Waals surface area contributed by atoms with Gasteiger partial charge in [-0.05, 0) is 48.9 Å². The minimum atomic E-state index is -0.744. The summed E-state index contributed by atoms with van der Waals surface area (Å²) in [5.74, 6) is -0.314. The topological polar surface area (TPSA) is 113 Å². The number of ketones is 1. The Morgan fingerprint density at radius 1 is 1.12 bits per heavy atom. The van der Waals surface area contributed by atoms with Gasteiger partial charge in [0, 0.05) is 24.2 Å². The van der Waals surface area contributed by atoms with Crippen LogP contribution in [0, 0.1) is 11.8 Å². The molecule has 2 aliphatic heterocycles. The number of nitrogen functional groups attached to an aromatic ring is 1. The highest BCUT2D eigenvalue weighted by molar-refractivity contribution is 6.00. The van der Waals surface area contributed by atoms with Crippen molar-refractivity contribution in [2.45, 2.75) is 71.5 Å². The van der Waals surface area contributed by atoms with Crippen molar-refractivity contribution in [3.63, 3.8) is 0 Å². The number of fused-ring (bicyclic) bond motifs is 1. The molecule has 33 heavy (non-hydrogen) atoms. The van der Waals surface area contributed by atoms with E-state index in [2.05, 4.69) is 5.32 Å². The van der Waals surface area contributed by atoms with Crippen LogP contribution in [0.3, 0.4) is 0 Å². The number of carbonyl (C=O) groups is 4. The molecule has 3 rings (SSSR count). The van der Waals surface area contributed by atoms with E-state index in [0.717, 1.165) is 6.42 Å². The SMILES string of the molecule is CCC(C)CC(=O)N1CC(=O)C2C1CCN2C(=O)C(CC(C)C)NC(=O)c1ccc(N)cc1. The van der Waals surface area contributed by atoms with Crippen LogP contribution >= 0.6 is 0 Å². The number of hydrogen-bond donors (Lipinski definition) is 2. The van der Waals surface area contributed by atoms with Gasteiger partial charge in [0.1, 0.15) is 12.1 Å². The number of nitrogens with zero attached hydrogens (tertiary/aromatic N) is 2. The maximum absolute atomic E-state index is 13.5. The standard InChI is InChI=1S/C25H36N4O4/c1-5-16(4)13-22(31)29-14-21(30)23-20(29)10-11-28(23)25(33)19(12-15(2)3)27-24(32)17-6-8-18(26)9-7-17/h6-9,15-16,19-20,23H,5,10-14,26H2,1-4H3,(H,27,32). The van der Waals surface area contributed by atoms with E-state index >= 15 is 0 Å². The summed E-state index contributed by atoms with van der Waals surface area (Å²) in [6, 6.07) is 4.88. The van der Waals surface area contributed by atoms with Crippen molar-refractivity contribution in [3.8, 4) is 0 Å². The van der Waals surface area contributed by atoms with Crippen molar-refractivity contribution in [3.05, 3.63) is 29.8 Å². The fourth-order valence-electron chi connectivity index (χ4n) is 4.72. The third-order valence-corrected chi connectivity index (χ3v) is 6.73. The lowest BCUT2D eigenvalue weighted by molar-refractivity contribution is -0.138. The van der Waals surface area contributed by atoms with Gasteiger partial charge in [0.15, 0.2) is 5.78 Å². The maximum Gasteiger partial charge on any atom is 0.251 e. The molecule has 8 nitrogen and oxygen atoms in total. The Morgan fingerprint density at radius 3 is 2.39 bits per heavy atom. The van der Waals surface area contributed by atoms with Crippen molar-refractivity contribution in [1.29, 1.82) is 0 Å². The predicted octanol–water partition coefficient (Wildman–Crippen LogP) is 2.23. The zero-order chi connectivity index (χ0) is 24.3. The number of rotatable bonds is 8. The van der Waals surface area contributed by atoms with Crippen molar-refractivity contribution < 1.29 is 19.2 Å². The molecule has 8 heteroatoms. The Bertz CT molecular complexity index is 898. The van der Waals surface area contributed by atoms with E-state index in [-0.39, 0.29) is 47.9 Å². The molecule has 180 valence electrons. The number of benzene rings is 1. The Balaban J connectivity index is 1.74. The number of nitrogens with one attached hydrogen (secondary N) is 1. The molecule has 2 heterocycles. The van der Waals surface area contributed by atoms with E-state index in [9.17, 15) is 19.2 Å². The van der Waals surface area contributed by atoms with Crippen molar-refractivity contribution >= 4 is 29.2 Å². The van der Waals surface area contributed by atoms with Gasteiger partial charge in [-0.25, -0.2) is 0 Å². The molecule has 4 unspecified atom stereocenters. The van der Waals surface area contributed by atoms with E-state index in [1.54, 1.807) is 34.1 Å². The zero-order valence-electron chi connectivity index (χ0n) is 20.0. The number of anilines is 1. The van der Waals surface area contributed by atoms with Crippen LogP contribution in [0.5, 0.6) is 0 Å². The van der Waals surface area contributed by atoms with E-state index in [0.29, 0.717) is 37.1 Å². The Hall–Kier alpha value is -2.90. The summed E-state index contributed by atoms with van der Waals surface area (Å²) in [6.45, 7) is 8.49. The summed E-state index contributed by atoms with van der Waals surface area (Å²) in [5, 5.41) is 2.86. The average molecular weight is 457 g/mol. The molecule has 0 spiro atoms. The van der Waals surface area contributed by atoms with Crippen LogP contribution in [-0.2, 0) is 14.4 Å². The summed E-state index contributed by atoms with van der Waals surface area (Å²) in [4.78, 5) is 55.2. The largest absolute Gasteiger partial charge is 0.399 e. The summed E-state index contributed by atoms with van der Waals surface area (Å²) in [6.07, 6.45) is 2.35. The lowest BCUT2D eigenvalue weighted by Crippen LogP contribution is -2.53. The third-order valence-electron chi connectivity index (χ3n) is 6.73. The molecular weight excluding hydrogens is 420 g/mol. The molecule has 0 aliphatic carbocycles. The van der Waals surface area contributed by atoms with Gasteiger partial charge in [0.2, 0.25) is 11.8 Å². The number of nitrogens with two attached hydrogens (primary N) is 1. The van der Waals surface area contributed by atoms with Gasteiger partial charge in [-0.3, -0.25) is 19.2 Å². The van der Waals surface area contributed by atoms with Crippen molar-refractivity contribution in [2.24, 2.45) is 11.8 Å². The Labute approximate surface area is 195 Å². The molecule has 0 saturated carbocycles. The molecule has 4 atom stereocenters. The minimum absolute atomic E-state index is 0.0186. The first-order valence-corrected chi connectivity index (χ1v) is 11.9. The van der Waals surface area contributed by atoms with Crippen LogP contribution in [-0.4, -0.2) is 64.5 Å². The smallest absolute Gasteiger partial charge is 0.251 e. The molecule has 0 aromatic heterocycles. The van der Waals surface area contributed by atoms with Gasteiger partial charge in [-0.15, -0.1) is 0 Å². The molecule has 1 aromatic carbocycles. The van der Waals surface area contributed by atoms with Gasteiger partial charge in [-0.2, -0.15) is 0 Å². The van der Waals surface area contributed by atoms with Crippen LogP contribution in [0.15, 0.2) is 24.3 Å². The second-order valence-electron chi connectivity index (χ2n) is 9.82. The molecule has 2 aliphatic rings. The monoisotopic (exact) mass is 456 g/mol. The number of Topliss-reactive ketones (excluding diaryl/α,β-unsaturated/α-hetero) is 1. The number of carbonyl (C=O) groups excluding carboxylic acids is 4. The van der Waals surface area contributed by atoms with Crippen LogP contribution in [0.25, 0.3) is 0 Å². The summed E-state index contributed by atoms with van der Waals surface area (Å²) < 4.78 is 0. The van der Waals surface area contributed by atoms with Crippen LogP contribution in [0.1, 0.15) is 63.7 Å². The maximum atomic E-state index is 13.5. The predicted molar refractivity (Wildman–Crippen MR) is 126 cm³/mol. The molecule has 2 fully saturated rings. The highest BCUT2D eigenvalue weighted by Gasteiger charge is 2.52. The van der Waals surface area contributed by atoms with Crippen LogP contribution in [0.2, 0.25) is 0 Å². The van der Waals surface area contributed by atoms with Gasteiger partial charge in [0.05, 0.1) is 12.6 Å². The molecule has 0 radical (unpaired) electrons. The van der Waals surface area contributed by atoms with Gasteiger partial charge in [-0.1, -0.05) is 34.1 Å². The fraction of sp³-hybridized carbons (Fsp3) is 0.600. The molecule has 3 N–H and O–H groups in total. The lowest BCUT2D eigenvalue weighted by atomic mass is 10.0. The second kappa shape index (κ2) is 10.4. The Kier molecular flexibility index (Phi) is 7.76. The van der Waals surface area contributed by atoms with Crippen molar-refractivity contribution in [1.82, 2.24) is 15.1 Å². The summed E-state index contributed by atoms with van der Waals surface area (Å²) in [7, 11) is 0. The Morgan fingerprint density at radius 2 is 1.79 bits per heavy atom. The van der Waals surface area contributed by atoms with Crippen molar-refractivity contribution in [2.75, 3.05) is 18.8 Å². The third kappa shape index (κ3) is 5.54. The molecular formula is C25H36N4O4. The van der Waals surface area contributed by atoms with Gasteiger partial charge >= 0.3 is 0 Å². The summed E-state index contributed by atoms with van der Waals surface area (Å²) in [5.41, 5.74) is 6.67. The fourth-order valence-corrected chi connectivity index (χ4v) is 4.72. The lowest BCUT2D eigenvalue weighted by Gasteiger charge is -2.29. The van der Waals surface area contributed by atoms with E-state index in [1.165, 1.54) is 0 Å². The minimum Gasteiger partial charge on any atom is -0.399 e. The molecule has 2 saturated heterocycles. The first-order valence-electron chi connectivity index (χ1n) is 11.9. The van der Waals surface area contributed by atoms with Gasteiger partial charge < -0.3 is 20.9 Å². The first-order chi connectivity index (χ1) is 15.6. The number of hydrogen-bond acceptors (Lipinski definition) is 5. The summed E-state index contributed by atoms with van der Waals surface area (Å²) >= 11 is 0. The molecule has 3 amide bonds. The highest BCUT2D eigenvalue weighted by atomic mass is 16.2. The highest BCUT2D eigenvalue weighted by Crippen LogP contribution is 2.31. The van der Waals surface area contributed by atoms with E-state index in [1.807, 2.05) is 27.7 Å². The quantitative estimate of drug-likeness (QED) is 0.583. The molecule has 1 aromatic rings. The van der Waals surface area contributed by atoms with Crippen LogP contribution in [0.4, 0.5) is 5.69 Å². The van der Waals surface area contributed by atoms with E-state index in [4.69, 9.17) is 5.73 Å². The van der Waals surface area contributed by atoms with E-state index < -0.39 is 12.1 Å². The van der Waals surface area contributed by atoms with Crippen LogP contribution < -0.4 is 11.1 Å². The van der Waals surface area contributed by atoms with Gasteiger partial charge in [0.25, 0.3) is 5.91 Å².